The van der Waals surface area contributed by atoms with E-state index in [9.17, 15) is 8.78 Å². The molecular weight excluding hydrogens is 342 g/mol. The second-order valence-electron chi connectivity index (χ2n) is 8.90. The molecule has 2 aromatic carbocycles. The highest BCUT2D eigenvalue weighted by molar-refractivity contribution is 5.60. The summed E-state index contributed by atoms with van der Waals surface area (Å²) in [6.07, 6.45) is 2.92. The van der Waals surface area contributed by atoms with Crippen molar-refractivity contribution in [2.24, 2.45) is 5.41 Å². The molecule has 0 aliphatic carbocycles. The Bertz CT molecular complexity index is 841. The van der Waals surface area contributed by atoms with Crippen LogP contribution < -0.4 is 9.80 Å². The van der Waals surface area contributed by atoms with Gasteiger partial charge >= 0.3 is 0 Å². The highest BCUT2D eigenvalue weighted by Crippen LogP contribution is 2.38. The fourth-order valence-corrected chi connectivity index (χ4v) is 4.69. The number of anilines is 2. The largest absolute Gasteiger partial charge is 0.371 e. The van der Waals surface area contributed by atoms with Crippen LogP contribution in [0.5, 0.6) is 0 Å². The Morgan fingerprint density at radius 2 is 1.48 bits per heavy atom. The Kier molecular flexibility index (Phi) is 4.61. The molecule has 0 fully saturated rings. The van der Waals surface area contributed by atoms with Crippen LogP contribution in [-0.2, 0) is 12.8 Å². The predicted octanol–water partition coefficient (Wildman–Crippen LogP) is 5.19. The van der Waals surface area contributed by atoms with Gasteiger partial charge in [-0.15, -0.1) is 0 Å². The van der Waals surface area contributed by atoms with E-state index >= 15 is 0 Å². The minimum Gasteiger partial charge on any atom is -0.371 e. The summed E-state index contributed by atoms with van der Waals surface area (Å²) < 4.78 is 27.6. The molecule has 4 heteroatoms. The first kappa shape index (κ1) is 18.3. The molecule has 2 aromatic rings. The maximum atomic E-state index is 13.9. The van der Waals surface area contributed by atoms with Crippen molar-refractivity contribution < 1.29 is 8.78 Å². The van der Waals surface area contributed by atoms with Gasteiger partial charge in [-0.05, 0) is 60.1 Å². The van der Waals surface area contributed by atoms with Gasteiger partial charge in [-0.25, -0.2) is 8.78 Å². The van der Waals surface area contributed by atoms with Crippen LogP contribution in [0, 0.1) is 17.0 Å². The summed E-state index contributed by atoms with van der Waals surface area (Å²) in [6.45, 7) is 9.54. The zero-order valence-electron chi connectivity index (χ0n) is 16.4. The first-order valence-electron chi connectivity index (χ1n) is 9.91. The molecule has 0 spiro atoms. The molecule has 1 atom stereocenters. The maximum Gasteiger partial charge on any atom is 0.125 e. The SMILES string of the molecule is CC(C)(C)C(CCN1CCc2ccc(F)cc21)N1CCc2ccc(F)cc21. The van der Waals surface area contributed by atoms with E-state index in [1.54, 1.807) is 24.3 Å². The molecule has 0 amide bonds. The molecule has 1 unspecified atom stereocenters. The van der Waals surface area contributed by atoms with Gasteiger partial charge in [-0.3, -0.25) is 0 Å². The average Bonchev–Trinajstić information content (AvgIpc) is 3.18. The molecule has 4 rings (SSSR count). The maximum absolute atomic E-state index is 13.9. The van der Waals surface area contributed by atoms with Gasteiger partial charge in [0.2, 0.25) is 0 Å². The standard InChI is InChI=1S/C23H28F2N2/c1-23(2,3)22(27-13-9-17-5-7-19(25)15-21(17)27)10-12-26-11-8-16-4-6-18(24)14-20(16)26/h4-7,14-15,22H,8-13H2,1-3H3. The summed E-state index contributed by atoms with van der Waals surface area (Å²) in [5.41, 5.74) is 4.62. The Balaban J connectivity index is 1.54. The lowest BCUT2D eigenvalue weighted by Gasteiger charge is -2.41. The van der Waals surface area contributed by atoms with E-state index in [1.807, 2.05) is 12.1 Å². The first-order valence-corrected chi connectivity index (χ1v) is 9.91. The van der Waals surface area contributed by atoms with Crippen LogP contribution in [0.15, 0.2) is 36.4 Å². The minimum atomic E-state index is -0.169. The van der Waals surface area contributed by atoms with Gasteiger partial charge in [0.05, 0.1) is 0 Å². The normalized spacial score (nSPS) is 17.2. The van der Waals surface area contributed by atoms with Gasteiger partial charge in [0.1, 0.15) is 11.6 Å². The van der Waals surface area contributed by atoms with Gasteiger partial charge in [-0.1, -0.05) is 32.9 Å². The van der Waals surface area contributed by atoms with Gasteiger partial charge in [-0.2, -0.15) is 0 Å². The van der Waals surface area contributed by atoms with Crippen LogP contribution in [0.2, 0.25) is 0 Å². The Labute approximate surface area is 160 Å². The van der Waals surface area contributed by atoms with E-state index in [1.165, 1.54) is 11.1 Å². The van der Waals surface area contributed by atoms with Gasteiger partial charge < -0.3 is 9.80 Å². The number of rotatable bonds is 4. The van der Waals surface area contributed by atoms with Gasteiger partial charge in [0.25, 0.3) is 0 Å². The van der Waals surface area contributed by atoms with E-state index < -0.39 is 0 Å². The molecule has 0 bridgehead atoms. The van der Waals surface area contributed by atoms with Crippen molar-refractivity contribution in [3.63, 3.8) is 0 Å². The number of fused-ring (bicyclic) bond motifs is 2. The number of halogens is 2. The Hall–Kier alpha value is -2.10. The topological polar surface area (TPSA) is 6.48 Å². The molecule has 2 nitrogen and oxygen atoms in total. The van der Waals surface area contributed by atoms with Crippen LogP contribution in [0.4, 0.5) is 20.2 Å². The molecule has 0 saturated heterocycles. The molecule has 27 heavy (non-hydrogen) atoms. The first-order chi connectivity index (χ1) is 12.8. The molecule has 0 N–H and O–H groups in total. The van der Waals surface area contributed by atoms with Crippen molar-refractivity contribution in [3.05, 3.63) is 59.2 Å². The third-order valence-electron chi connectivity index (χ3n) is 6.07. The fraction of sp³-hybridized carbons (Fsp3) is 0.478. The van der Waals surface area contributed by atoms with Crippen molar-refractivity contribution in [3.8, 4) is 0 Å². The fourth-order valence-electron chi connectivity index (χ4n) is 4.69. The summed E-state index contributed by atoms with van der Waals surface area (Å²) in [5.74, 6) is -0.339. The predicted molar refractivity (Wildman–Crippen MR) is 108 cm³/mol. The lowest BCUT2D eigenvalue weighted by molar-refractivity contribution is 0.292. The summed E-state index contributed by atoms with van der Waals surface area (Å²) in [6, 6.07) is 10.6. The van der Waals surface area contributed by atoms with Crippen LogP contribution in [-0.4, -0.2) is 25.7 Å². The van der Waals surface area contributed by atoms with Crippen LogP contribution in [0.3, 0.4) is 0 Å². The number of hydrogen-bond acceptors (Lipinski definition) is 2. The molecule has 0 radical (unpaired) electrons. The molecule has 2 aliphatic heterocycles. The smallest absolute Gasteiger partial charge is 0.125 e. The lowest BCUT2D eigenvalue weighted by Crippen LogP contribution is -2.45. The van der Waals surface area contributed by atoms with Crippen molar-refractivity contribution in [1.29, 1.82) is 0 Å². The quantitative estimate of drug-likeness (QED) is 0.730. The van der Waals surface area contributed by atoms with E-state index in [0.29, 0.717) is 6.04 Å². The highest BCUT2D eigenvalue weighted by atomic mass is 19.1. The average molecular weight is 370 g/mol. The second kappa shape index (κ2) is 6.81. The number of benzene rings is 2. The van der Waals surface area contributed by atoms with Crippen molar-refractivity contribution in [1.82, 2.24) is 0 Å². The van der Waals surface area contributed by atoms with Crippen molar-refractivity contribution >= 4 is 11.4 Å². The molecular formula is C23H28F2N2. The lowest BCUT2D eigenvalue weighted by atomic mass is 9.83. The number of nitrogens with zero attached hydrogens (tertiary/aromatic N) is 2. The summed E-state index contributed by atoms with van der Waals surface area (Å²) in [7, 11) is 0. The molecule has 2 heterocycles. The third-order valence-corrected chi connectivity index (χ3v) is 6.07. The van der Waals surface area contributed by atoms with Crippen LogP contribution in [0.25, 0.3) is 0 Å². The summed E-state index contributed by atoms with van der Waals surface area (Å²) in [5, 5.41) is 0. The second-order valence-corrected chi connectivity index (χ2v) is 8.90. The monoisotopic (exact) mass is 370 g/mol. The minimum absolute atomic E-state index is 0.0679. The molecule has 2 aliphatic rings. The van der Waals surface area contributed by atoms with Crippen molar-refractivity contribution in [2.75, 3.05) is 29.4 Å². The molecule has 144 valence electrons. The van der Waals surface area contributed by atoms with Gasteiger partial charge in [0, 0.05) is 37.1 Å². The highest BCUT2D eigenvalue weighted by Gasteiger charge is 2.35. The van der Waals surface area contributed by atoms with Crippen molar-refractivity contribution in [2.45, 2.75) is 46.1 Å². The van der Waals surface area contributed by atoms with Crippen LogP contribution in [0.1, 0.15) is 38.3 Å². The summed E-state index contributed by atoms with van der Waals surface area (Å²) >= 11 is 0. The number of hydrogen-bond donors (Lipinski definition) is 0. The zero-order chi connectivity index (χ0) is 19.2. The Morgan fingerprint density at radius 3 is 2.15 bits per heavy atom. The van der Waals surface area contributed by atoms with E-state index in [2.05, 4.69) is 30.6 Å². The Morgan fingerprint density at radius 1 is 0.889 bits per heavy atom. The summed E-state index contributed by atoms with van der Waals surface area (Å²) in [4.78, 5) is 4.70. The molecule has 0 saturated carbocycles. The molecule has 0 aromatic heterocycles. The van der Waals surface area contributed by atoms with Crippen LogP contribution >= 0.6 is 0 Å². The third kappa shape index (κ3) is 3.54. The van der Waals surface area contributed by atoms with E-state index in [4.69, 9.17) is 0 Å². The van der Waals surface area contributed by atoms with E-state index in [-0.39, 0.29) is 17.0 Å². The van der Waals surface area contributed by atoms with Gasteiger partial charge in [0.15, 0.2) is 0 Å². The van der Waals surface area contributed by atoms with E-state index in [0.717, 1.165) is 50.3 Å². The zero-order valence-corrected chi connectivity index (χ0v) is 16.4.